The first kappa shape index (κ1) is 12.7. The van der Waals surface area contributed by atoms with Gasteiger partial charge in [-0.15, -0.1) is 0 Å². The minimum absolute atomic E-state index is 0.543. The summed E-state index contributed by atoms with van der Waals surface area (Å²) in [5, 5.41) is 13.7. The first-order chi connectivity index (χ1) is 8.09. The van der Waals surface area contributed by atoms with Crippen LogP contribution in [0.15, 0.2) is 22.7 Å². The Labute approximate surface area is 111 Å². The summed E-state index contributed by atoms with van der Waals surface area (Å²) in [6.07, 6.45) is 5.29. The Bertz CT molecular complexity index is 389. The fourth-order valence-corrected chi connectivity index (χ4v) is 2.86. The van der Waals surface area contributed by atoms with Crippen LogP contribution in [0, 0.1) is 0 Å². The average Bonchev–Trinajstić information content (AvgIpc) is 2.29. The fourth-order valence-electron chi connectivity index (χ4n) is 2.32. The summed E-state index contributed by atoms with van der Waals surface area (Å²) in [5.74, 6) is 0. The number of anilines is 2. The van der Waals surface area contributed by atoms with Gasteiger partial charge in [0, 0.05) is 22.4 Å². The molecule has 1 aromatic rings. The van der Waals surface area contributed by atoms with Crippen molar-refractivity contribution in [1.82, 2.24) is 0 Å². The zero-order valence-corrected chi connectivity index (χ0v) is 11.5. The summed E-state index contributed by atoms with van der Waals surface area (Å²) in [5.41, 5.74) is 6.86. The van der Waals surface area contributed by atoms with Crippen molar-refractivity contribution in [3.8, 4) is 0 Å². The molecule has 0 aliphatic heterocycles. The van der Waals surface area contributed by atoms with Crippen molar-refractivity contribution < 1.29 is 5.11 Å². The van der Waals surface area contributed by atoms with Gasteiger partial charge in [0.15, 0.2) is 0 Å². The molecule has 0 heterocycles. The van der Waals surface area contributed by atoms with Crippen LogP contribution < -0.4 is 11.1 Å². The molecule has 4 N–H and O–H groups in total. The van der Waals surface area contributed by atoms with Crippen LogP contribution in [0.2, 0.25) is 0 Å². The molecule has 0 spiro atoms. The van der Waals surface area contributed by atoms with Gasteiger partial charge in [-0.1, -0.05) is 19.3 Å². The molecule has 4 heteroatoms. The summed E-state index contributed by atoms with van der Waals surface area (Å²) in [6.45, 7) is 0.607. The van der Waals surface area contributed by atoms with E-state index in [4.69, 9.17) is 5.73 Å². The first-order valence-electron chi connectivity index (χ1n) is 6.10. The summed E-state index contributed by atoms with van der Waals surface area (Å²) in [6, 6.07) is 5.66. The molecule has 1 fully saturated rings. The maximum absolute atomic E-state index is 10.4. The van der Waals surface area contributed by atoms with Crippen LogP contribution in [0.25, 0.3) is 0 Å². The molecule has 1 aromatic carbocycles. The summed E-state index contributed by atoms with van der Waals surface area (Å²) in [4.78, 5) is 0. The Morgan fingerprint density at radius 3 is 2.65 bits per heavy atom. The van der Waals surface area contributed by atoms with Crippen molar-refractivity contribution in [2.45, 2.75) is 37.7 Å². The quantitative estimate of drug-likeness (QED) is 0.752. The molecule has 0 amide bonds. The van der Waals surface area contributed by atoms with E-state index in [1.165, 1.54) is 6.42 Å². The lowest BCUT2D eigenvalue weighted by molar-refractivity contribution is 0.0167. The molecule has 0 bridgehead atoms. The van der Waals surface area contributed by atoms with Crippen LogP contribution in [-0.4, -0.2) is 17.3 Å². The van der Waals surface area contributed by atoms with Gasteiger partial charge in [0.25, 0.3) is 0 Å². The zero-order valence-electron chi connectivity index (χ0n) is 9.88. The maximum Gasteiger partial charge on any atom is 0.0819 e. The molecular formula is C13H19BrN2O. The highest BCUT2D eigenvalue weighted by atomic mass is 79.9. The fraction of sp³-hybridized carbons (Fsp3) is 0.538. The monoisotopic (exact) mass is 298 g/mol. The van der Waals surface area contributed by atoms with E-state index in [0.717, 1.165) is 41.5 Å². The first-order valence-corrected chi connectivity index (χ1v) is 6.90. The van der Waals surface area contributed by atoms with Crippen LogP contribution in [0.5, 0.6) is 0 Å². The minimum Gasteiger partial charge on any atom is -0.399 e. The van der Waals surface area contributed by atoms with E-state index < -0.39 is 5.60 Å². The molecule has 0 unspecified atom stereocenters. The summed E-state index contributed by atoms with van der Waals surface area (Å²) < 4.78 is 0.942. The summed E-state index contributed by atoms with van der Waals surface area (Å²) >= 11 is 3.47. The van der Waals surface area contributed by atoms with Gasteiger partial charge < -0.3 is 16.2 Å². The molecule has 17 heavy (non-hydrogen) atoms. The number of rotatable bonds is 3. The third kappa shape index (κ3) is 3.36. The molecule has 94 valence electrons. The number of nitrogens with one attached hydrogen (secondary N) is 1. The topological polar surface area (TPSA) is 58.3 Å². The van der Waals surface area contributed by atoms with Gasteiger partial charge in [0.05, 0.1) is 5.60 Å². The highest BCUT2D eigenvalue weighted by Gasteiger charge is 2.28. The molecule has 0 radical (unpaired) electrons. The molecule has 2 rings (SSSR count). The second-order valence-electron chi connectivity index (χ2n) is 4.88. The number of benzene rings is 1. The van der Waals surface area contributed by atoms with Crippen molar-refractivity contribution in [2.24, 2.45) is 0 Å². The van der Waals surface area contributed by atoms with Crippen molar-refractivity contribution in [2.75, 3.05) is 17.6 Å². The van der Waals surface area contributed by atoms with Crippen LogP contribution in [0.3, 0.4) is 0 Å². The molecule has 0 saturated heterocycles. The third-order valence-corrected chi connectivity index (χ3v) is 4.04. The maximum atomic E-state index is 10.4. The van der Waals surface area contributed by atoms with Crippen molar-refractivity contribution in [1.29, 1.82) is 0 Å². The van der Waals surface area contributed by atoms with Crippen LogP contribution in [0.1, 0.15) is 32.1 Å². The number of nitrogens with two attached hydrogens (primary N) is 1. The van der Waals surface area contributed by atoms with Gasteiger partial charge in [-0.25, -0.2) is 0 Å². The zero-order chi connectivity index (χ0) is 12.3. The van der Waals surface area contributed by atoms with E-state index in [-0.39, 0.29) is 0 Å². The van der Waals surface area contributed by atoms with Crippen LogP contribution in [0.4, 0.5) is 11.4 Å². The predicted molar refractivity (Wildman–Crippen MR) is 75.1 cm³/mol. The van der Waals surface area contributed by atoms with Gasteiger partial charge >= 0.3 is 0 Å². The van der Waals surface area contributed by atoms with E-state index in [2.05, 4.69) is 21.2 Å². The van der Waals surface area contributed by atoms with E-state index in [9.17, 15) is 5.11 Å². The average molecular weight is 299 g/mol. The Hall–Kier alpha value is -0.740. The van der Waals surface area contributed by atoms with Gasteiger partial charge in [-0.05, 0) is 47.0 Å². The Morgan fingerprint density at radius 2 is 2.00 bits per heavy atom. The van der Waals surface area contributed by atoms with Gasteiger partial charge in [-0.3, -0.25) is 0 Å². The Balaban J connectivity index is 1.97. The van der Waals surface area contributed by atoms with Crippen molar-refractivity contribution in [3.05, 3.63) is 22.7 Å². The highest BCUT2D eigenvalue weighted by molar-refractivity contribution is 9.10. The lowest BCUT2D eigenvalue weighted by Gasteiger charge is -2.32. The second kappa shape index (κ2) is 5.27. The molecule has 1 saturated carbocycles. The highest BCUT2D eigenvalue weighted by Crippen LogP contribution is 2.30. The van der Waals surface area contributed by atoms with Crippen LogP contribution in [-0.2, 0) is 0 Å². The predicted octanol–water partition coefficient (Wildman–Crippen LogP) is 3.14. The standard InChI is InChI=1S/C13H19BrN2O/c14-11-8-10(15)4-5-12(11)16-9-13(17)6-2-1-3-7-13/h4-5,8,16-17H,1-3,6-7,9,15H2. The molecule has 1 aliphatic carbocycles. The molecule has 1 aliphatic rings. The van der Waals surface area contributed by atoms with E-state index >= 15 is 0 Å². The second-order valence-corrected chi connectivity index (χ2v) is 5.73. The molecule has 3 nitrogen and oxygen atoms in total. The number of halogens is 1. The van der Waals surface area contributed by atoms with E-state index in [1.807, 2.05) is 18.2 Å². The van der Waals surface area contributed by atoms with E-state index in [1.54, 1.807) is 0 Å². The van der Waals surface area contributed by atoms with Gasteiger partial charge in [-0.2, -0.15) is 0 Å². The van der Waals surface area contributed by atoms with E-state index in [0.29, 0.717) is 6.54 Å². The van der Waals surface area contributed by atoms with Crippen molar-refractivity contribution in [3.63, 3.8) is 0 Å². The number of nitrogen functional groups attached to an aromatic ring is 1. The largest absolute Gasteiger partial charge is 0.399 e. The number of hydrogen-bond donors (Lipinski definition) is 3. The Morgan fingerprint density at radius 1 is 1.29 bits per heavy atom. The lowest BCUT2D eigenvalue weighted by atomic mass is 9.85. The smallest absolute Gasteiger partial charge is 0.0819 e. The number of hydrogen-bond acceptors (Lipinski definition) is 3. The Kier molecular flexibility index (Phi) is 3.94. The summed E-state index contributed by atoms with van der Waals surface area (Å²) in [7, 11) is 0. The normalized spacial score (nSPS) is 18.9. The van der Waals surface area contributed by atoms with Gasteiger partial charge in [0.2, 0.25) is 0 Å². The van der Waals surface area contributed by atoms with Crippen LogP contribution >= 0.6 is 15.9 Å². The van der Waals surface area contributed by atoms with Crippen molar-refractivity contribution >= 4 is 27.3 Å². The molecule has 0 aromatic heterocycles. The minimum atomic E-state index is -0.543. The molecule has 0 atom stereocenters. The van der Waals surface area contributed by atoms with Gasteiger partial charge in [0.1, 0.15) is 0 Å². The SMILES string of the molecule is Nc1ccc(NCC2(O)CCCCC2)c(Br)c1. The third-order valence-electron chi connectivity index (χ3n) is 3.39. The number of aliphatic hydroxyl groups is 1. The molecular weight excluding hydrogens is 280 g/mol. The lowest BCUT2D eigenvalue weighted by Crippen LogP contribution is -2.38.